The van der Waals surface area contributed by atoms with Crippen molar-refractivity contribution >= 4 is 11.5 Å². The summed E-state index contributed by atoms with van der Waals surface area (Å²) in [5.41, 5.74) is -0.185. The molecule has 5 heteroatoms. The van der Waals surface area contributed by atoms with E-state index in [9.17, 15) is 13.2 Å². The Hall–Kier alpha value is -1.52. The van der Waals surface area contributed by atoms with Crippen molar-refractivity contribution < 1.29 is 13.2 Å². The molecule has 1 N–H and O–H groups in total. The van der Waals surface area contributed by atoms with Gasteiger partial charge in [0, 0.05) is 25.1 Å². The molecule has 0 amide bonds. The Balaban J connectivity index is 2.47. The minimum Gasteiger partial charge on any atom is -0.328 e. The van der Waals surface area contributed by atoms with Crippen molar-refractivity contribution in [1.29, 1.82) is 5.41 Å². The van der Waals surface area contributed by atoms with E-state index in [1.54, 1.807) is 0 Å². The molecule has 2 nitrogen and oxygen atoms in total. The highest BCUT2D eigenvalue weighted by molar-refractivity contribution is 5.97. The lowest BCUT2D eigenvalue weighted by Crippen LogP contribution is -2.24. The molecule has 1 aromatic rings. The highest BCUT2D eigenvalue weighted by atomic mass is 19.2. The van der Waals surface area contributed by atoms with Crippen LogP contribution in [-0.2, 0) is 0 Å². The summed E-state index contributed by atoms with van der Waals surface area (Å²) in [7, 11) is 0. The van der Waals surface area contributed by atoms with Gasteiger partial charge in [-0.1, -0.05) is 0 Å². The van der Waals surface area contributed by atoms with E-state index in [4.69, 9.17) is 5.41 Å². The lowest BCUT2D eigenvalue weighted by Gasteiger charge is -2.18. The van der Waals surface area contributed by atoms with Crippen LogP contribution in [0, 0.1) is 22.9 Å². The van der Waals surface area contributed by atoms with Gasteiger partial charge in [0.2, 0.25) is 0 Å². The zero-order valence-electron chi connectivity index (χ0n) is 7.86. The first-order valence-electron chi connectivity index (χ1n) is 4.59. The van der Waals surface area contributed by atoms with E-state index in [1.807, 2.05) is 0 Å². The maximum Gasteiger partial charge on any atom is 0.182 e. The Morgan fingerprint density at radius 2 is 1.93 bits per heavy atom. The van der Waals surface area contributed by atoms with Gasteiger partial charge in [0.05, 0.1) is 5.69 Å². The van der Waals surface area contributed by atoms with Crippen molar-refractivity contribution in [2.45, 2.75) is 12.8 Å². The molecule has 0 saturated carbocycles. The second-order valence-electron chi connectivity index (χ2n) is 3.42. The molecule has 0 aromatic heterocycles. The van der Waals surface area contributed by atoms with E-state index in [0.29, 0.717) is 25.5 Å². The maximum atomic E-state index is 13.3. The van der Waals surface area contributed by atoms with Gasteiger partial charge in [-0.25, -0.2) is 13.2 Å². The zero-order valence-corrected chi connectivity index (χ0v) is 7.86. The van der Waals surface area contributed by atoms with Crippen LogP contribution in [0.15, 0.2) is 12.1 Å². The van der Waals surface area contributed by atoms with Gasteiger partial charge in [0.25, 0.3) is 0 Å². The third-order valence-corrected chi connectivity index (χ3v) is 2.39. The van der Waals surface area contributed by atoms with Crippen molar-refractivity contribution in [3.63, 3.8) is 0 Å². The van der Waals surface area contributed by atoms with Crippen LogP contribution >= 0.6 is 0 Å². The maximum absolute atomic E-state index is 13.3. The quantitative estimate of drug-likeness (QED) is 0.715. The van der Waals surface area contributed by atoms with Gasteiger partial charge in [-0.2, -0.15) is 0 Å². The number of halogens is 3. The van der Waals surface area contributed by atoms with Crippen LogP contribution in [0.4, 0.5) is 18.9 Å². The summed E-state index contributed by atoms with van der Waals surface area (Å²) < 4.78 is 39.1. The van der Waals surface area contributed by atoms with E-state index in [0.717, 1.165) is 6.07 Å². The summed E-state index contributed by atoms with van der Waals surface area (Å²) in [5.74, 6) is -2.95. The van der Waals surface area contributed by atoms with Crippen LogP contribution < -0.4 is 4.90 Å². The number of anilines is 1. The second-order valence-corrected chi connectivity index (χ2v) is 3.42. The molecule has 0 atom stereocenters. The summed E-state index contributed by atoms with van der Waals surface area (Å²) in [6.07, 6.45) is 1.22. The van der Waals surface area contributed by atoms with Crippen LogP contribution in [-0.4, -0.2) is 12.4 Å². The third-order valence-electron chi connectivity index (χ3n) is 2.39. The molecule has 80 valence electrons. The van der Waals surface area contributed by atoms with Gasteiger partial charge in [-0.3, -0.25) is 5.41 Å². The van der Waals surface area contributed by atoms with Crippen molar-refractivity contribution in [2.24, 2.45) is 0 Å². The predicted molar refractivity (Wildman–Crippen MR) is 50.6 cm³/mol. The van der Waals surface area contributed by atoms with E-state index in [2.05, 4.69) is 0 Å². The lowest BCUT2D eigenvalue weighted by molar-refractivity contribution is 0.495. The Labute approximate surface area is 84.8 Å². The van der Waals surface area contributed by atoms with Crippen molar-refractivity contribution in [3.05, 3.63) is 29.6 Å². The van der Waals surface area contributed by atoms with Gasteiger partial charge < -0.3 is 4.90 Å². The molecule has 1 aliphatic rings. The molecular weight excluding hydrogens is 205 g/mol. The average molecular weight is 214 g/mol. The van der Waals surface area contributed by atoms with Crippen LogP contribution in [0.25, 0.3) is 0 Å². The number of hydrogen-bond donors (Lipinski definition) is 1. The monoisotopic (exact) mass is 214 g/mol. The van der Waals surface area contributed by atoms with Gasteiger partial charge in [-0.15, -0.1) is 0 Å². The molecule has 1 saturated heterocycles. The van der Waals surface area contributed by atoms with Crippen LogP contribution in [0.2, 0.25) is 0 Å². The van der Waals surface area contributed by atoms with Gasteiger partial charge >= 0.3 is 0 Å². The molecule has 1 aliphatic heterocycles. The summed E-state index contributed by atoms with van der Waals surface area (Å²) in [5, 5.41) is 7.50. The Morgan fingerprint density at radius 3 is 2.53 bits per heavy atom. The molecule has 0 unspecified atom stereocenters. The van der Waals surface area contributed by atoms with E-state index in [-0.39, 0.29) is 11.5 Å². The Bertz CT molecular complexity index is 417. The molecule has 0 bridgehead atoms. The minimum absolute atomic E-state index is 0.185. The summed E-state index contributed by atoms with van der Waals surface area (Å²) >= 11 is 0. The molecule has 1 fully saturated rings. The molecule has 2 rings (SSSR count). The number of hydrogen-bond acceptors (Lipinski definition) is 1. The largest absolute Gasteiger partial charge is 0.328 e. The molecule has 1 heterocycles. The number of rotatable bonds is 1. The summed E-state index contributed by atoms with van der Waals surface area (Å²) in [6.45, 7) is 0.429. The second kappa shape index (κ2) is 3.56. The topological polar surface area (TPSA) is 27.1 Å². The lowest BCUT2D eigenvalue weighted by atomic mass is 10.2. The highest BCUT2D eigenvalue weighted by Gasteiger charge is 2.23. The Kier molecular flexibility index (Phi) is 2.38. The van der Waals surface area contributed by atoms with Crippen LogP contribution in [0.3, 0.4) is 0 Å². The van der Waals surface area contributed by atoms with E-state index >= 15 is 0 Å². The molecule has 0 radical (unpaired) electrons. The third kappa shape index (κ3) is 1.69. The van der Waals surface area contributed by atoms with E-state index < -0.39 is 17.5 Å². The molecule has 0 aliphatic carbocycles. The smallest absolute Gasteiger partial charge is 0.182 e. The first-order valence-corrected chi connectivity index (χ1v) is 4.59. The van der Waals surface area contributed by atoms with E-state index in [1.165, 1.54) is 4.90 Å². The molecular formula is C10H9F3N2. The first-order chi connectivity index (χ1) is 7.09. The van der Waals surface area contributed by atoms with Crippen LogP contribution in [0.1, 0.15) is 12.8 Å². The van der Waals surface area contributed by atoms with Crippen molar-refractivity contribution in [2.75, 3.05) is 11.4 Å². The Morgan fingerprint density at radius 1 is 1.20 bits per heavy atom. The molecule has 15 heavy (non-hydrogen) atoms. The SMILES string of the molecule is N=C1CCCN1c1cc(F)cc(F)c1F. The molecule has 1 aromatic carbocycles. The summed E-state index contributed by atoms with van der Waals surface area (Å²) in [6, 6.07) is 1.41. The fourth-order valence-corrected chi connectivity index (χ4v) is 1.68. The summed E-state index contributed by atoms with van der Waals surface area (Å²) in [4.78, 5) is 1.29. The zero-order chi connectivity index (χ0) is 11.0. The van der Waals surface area contributed by atoms with Gasteiger partial charge in [0.15, 0.2) is 11.6 Å². The fraction of sp³-hybridized carbons (Fsp3) is 0.300. The fourth-order valence-electron chi connectivity index (χ4n) is 1.68. The van der Waals surface area contributed by atoms with Gasteiger partial charge in [0.1, 0.15) is 11.7 Å². The standard InChI is InChI=1S/C10H9F3N2/c11-6-4-7(12)10(13)8(5-6)15-3-1-2-9(15)14/h4-5,14H,1-3H2. The number of amidine groups is 1. The van der Waals surface area contributed by atoms with Crippen LogP contribution in [0.5, 0.6) is 0 Å². The first kappa shape index (κ1) is 10.0. The minimum atomic E-state index is -1.22. The predicted octanol–water partition coefficient (Wildman–Crippen LogP) is 2.68. The normalized spacial score (nSPS) is 16.2. The number of nitrogens with one attached hydrogen (secondary N) is 1. The van der Waals surface area contributed by atoms with Crippen molar-refractivity contribution in [1.82, 2.24) is 0 Å². The van der Waals surface area contributed by atoms with Crippen molar-refractivity contribution in [3.8, 4) is 0 Å². The number of nitrogens with zero attached hydrogens (tertiary/aromatic N) is 1. The molecule has 0 spiro atoms. The number of benzene rings is 1. The average Bonchev–Trinajstić information content (AvgIpc) is 2.58. The van der Waals surface area contributed by atoms with Gasteiger partial charge in [-0.05, 0) is 6.42 Å². The highest BCUT2D eigenvalue weighted by Crippen LogP contribution is 2.27.